The molecule has 1 saturated heterocycles. The molecule has 3 rings (SSSR count). The number of guanidine groups is 1. The maximum atomic E-state index is 12.9. The summed E-state index contributed by atoms with van der Waals surface area (Å²) in [6.45, 7) is 4.02. The molecule has 29 heavy (non-hydrogen) atoms. The summed E-state index contributed by atoms with van der Waals surface area (Å²) in [4.78, 5) is 12.8. The van der Waals surface area contributed by atoms with Gasteiger partial charge < -0.3 is 10.2 Å². The molecule has 1 aliphatic heterocycles. The minimum Gasteiger partial charge on any atom is -0.349 e. The molecular formula is C18H25F3IN7. The number of piperazine rings is 1. The molecule has 1 N–H and O–H groups in total. The van der Waals surface area contributed by atoms with Gasteiger partial charge >= 0.3 is 6.18 Å². The van der Waals surface area contributed by atoms with Crippen molar-refractivity contribution in [1.29, 1.82) is 0 Å². The molecular weight excluding hydrogens is 498 g/mol. The Morgan fingerprint density at radius 3 is 2.52 bits per heavy atom. The van der Waals surface area contributed by atoms with Crippen LogP contribution in [0.2, 0.25) is 0 Å². The number of nitrogens with zero attached hydrogens (tertiary/aromatic N) is 6. The van der Waals surface area contributed by atoms with Crippen LogP contribution < -0.4 is 5.32 Å². The monoisotopic (exact) mass is 523 g/mol. The second-order valence-electron chi connectivity index (χ2n) is 6.66. The van der Waals surface area contributed by atoms with Gasteiger partial charge in [-0.15, -0.1) is 24.0 Å². The summed E-state index contributed by atoms with van der Waals surface area (Å²) in [5, 5.41) is 7.32. The fourth-order valence-electron chi connectivity index (χ4n) is 3.19. The number of hydrogen-bond donors (Lipinski definition) is 1. The van der Waals surface area contributed by atoms with E-state index in [4.69, 9.17) is 0 Å². The van der Waals surface area contributed by atoms with Crippen molar-refractivity contribution in [3.8, 4) is 0 Å². The predicted molar refractivity (Wildman–Crippen MR) is 115 cm³/mol. The van der Waals surface area contributed by atoms with Crippen molar-refractivity contribution in [2.24, 2.45) is 12.0 Å². The van der Waals surface area contributed by atoms with Gasteiger partial charge in [0.1, 0.15) is 12.2 Å². The molecule has 0 bridgehead atoms. The van der Waals surface area contributed by atoms with Gasteiger partial charge in [0.05, 0.1) is 12.1 Å². The Bertz CT molecular complexity index is 814. The van der Waals surface area contributed by atoms with Gasteiger partial charge in [-0.1, -0.05) is 18.2 Å². The van der Waals surface area contributed by atoms with Crippen molar-refractivity contribution >= 4 is 29.9 Å². The summed E-state index contributed by atoms with van der Waals surface area (Å²) in [7, 11) is 3.56. The van der Waals surface area contributed by atoms with Crippen LogP contribution in [0.25, 0.3) is 0 Å². The summed E-state index contributed by atoms with van der Waals surface area (Å²) in [6, 6.07) is 5.54. The van der Waals surface area contributed by atoms with E-state index in [9.17, 15) is 13.2 Å². The van der Waals surface area contributed by atoms with Crippen LogP contribution >= 0.6 is 24.0 Å². The first kappa shape index (κ1) is 23.4. The first-order chi connectivity index (χ1) is 13.4. The number of aliphatic imine (C=N–C) groups is 1. The van der Waals surface area contributed by atoms with Crippen LogP contribution in [-0.4, -0.2) is 63.8 Å². The number of aryl methyl sites for hydroxylation is 1. The van der Waals surface area contributed by atoms with Crippen molar-refractivity contribution in [2.75, 3.05) is 33.2 Å². The average Bonchev–Trinajstić information content (AvgIpc) is 3.08. The molecule has 0 radical (unpaired) electrons. The van der Waals surface area contributed by atoms with Crippen LogP contribution in [0.15, 0.2) is 35.6 Å². The lowest BCUT2D eigenvalue weighted by atomic mass is 10.1. The van der Waals surface area contributed by atoms with Crippen LogP contribution in [0.1, 0.15) is 17.0 Å². The standard InChI is InChI=1S/C18H24F3N7.HI/c1-22-17(23-11-16-24-13-25-26(16)2)28-8-6-27(7-9-28)12-14-4-3-5-15(10-14)18(19,20)21;/h3-5,10,13H,6-9,11-12H2,1-2H3,(H,22,23);1H. The summed E-state index contributed by atoms with van der Waals surface area (Å²) in [6.07, 6.45) is -2.80. The maximum Gasteiger partial charge on any atom is 0.416 e. The zero-order chi connectivity index (χ0) is 20.1. The van der Waals surface area contributed by atoms with Crippen LogP contribution in [0, 0.1) is 0 Å². The second-order valence-corrected chi connectivity index (χ2v) is 6.66. The average molecular weight is 523 g/mol. The second kappa shape index (κ2) is 10.2. The lowest BCUT2D eigenvalue weighted by molar-refractivity contribution is -0.137. The van der Waals surface area contributed by atoms with Crippen LogP contribution in [0.4, 0.5) is 13.2 Å². The SMILES string of the molecule is CN=C(NCc1ncnn1C)N1CCN(Cc2cccc(C(F)(F)F)c2)CC1.I. The molecule has 1 aromatic carbocycles. The third-order valence-electron chi connectivity index (χ3n) is 4.75. The van der Waals surface area contributed by atoms with E-state index in [2.05, 4.69) is 30.2 Å². The first-order valence-corrected chi connectivity index (χ1v) is 9.04. The van der Waals surface area contributed by atoms with Crippen molar-refractivity contribution in [3.63, 3.8) is 0 Å². The minimum absolute atomic E-state index is 0. The van der Waals surface area contributed by atoms with E-state index in [1.54, 1.807) is 17.8 Å². The topological polar surface area (TPSA) is 61.6 Å². The van der Waals surface area contributed by atoms with Crippen molar-refractivity contribution < 1.29 is 13.2 Å². The minimum atomic E-state index is -4.31. The quantitative estimate of drug-likeness (QED) is 0.379. The van der Waals surface area contributed by atoms with Gasteiger partial charge in [0.25, 0.3) is 0 Å². The Balaban J connectivity index is 0.00000300. The molecule has 11 heteroatoms. The fraction of sp³-hybridized carbons (Fsp3) is 0.500. The molecule has 0 amide bonds. The number of benzene rings is 1. The van der Waals surface area contributed by atoms with Crippen molar-refractivity contribution in [2.45, 2.75) is 19.3 Å². The number of aromatic nitrogens is 3. The molecule has 0 saturated carbocycles. The molecule has 1 aromatic heterocycles. The van der Waals surface area contributed by atoms with Crippen molar-refractivity contribution in [1.82, 2.24) is 29.9 Å². The highest BCUT2D eigenvalue weighted by molar-refractivity contribution is 14.0. The summed E-state index contributed by atoms with van der Waals surface area (Å²) >= 11 is 0. The summed E-state index contributed by atoms with van der Waals surface area (Å²) in [5.41, 5.74) is 0.0741. The number of rotatable bonds is 4. The molecule has 0 atom stereocenters. The van der Waals surface area contributed by atoms with E-state index < -0.39 is 11.7 Å². The van der Waals surface area contributed by atoms with E-state index in [1.165, 1.54) is 18.5 Å². The van der Waals surface area contributed by atoms with Crippen LogP contribution in [-0.2, 0) is 26.3 Å². The third-order valence-corrected chi connectivity index (χ3v) is 4.75. The Labute approximate surface area is 185 Å². The fourth-order valence-corrected chi connectivity index (χ4v) is 3.19. The molecule has 160 valence electrons. The van der Waals surface area contributed by atoms with Gasteiger partial charge in [-0.3, -0.25) is 14.6 Å². The summed E-state index contributed by atoms with van der Waals surface area (Å²) in [5.74, 6) is 1.59. The number of hydrogen-bond acceptors (Lipinski definition) is 4. The highest BCUT2D eigenvalue weighted by atomic mass is 127. The molecule has 0 unspecified atom stereocenters. The first-order valence-electron chi connectivity index (χ1n) is 9.04. The van der Waals surface area contributed by atoms with Gasteiger partial charge in [-0.25, -0.2) is 4.98 Å². The zero-order valence-electron chi connectivity index (χ0n) is 16.4. The van der Waals surface area contributed by atoms with E-state index >= 15 is 0 Å². The van der Waals surface area contributed by atoms with Crippen LogP contribution in [0.5, 0.6) is 0 Å². The Kier molecular flexibility index (Phi) is 8.25. The molecule has 1 fully saturated rings. The van der Waals surface area contributed by atoms with Gasteiger partial charge in [0.2, 0.25) is 0 Å². The Hall–Kier alpha value is -1.89. The largest absolute Gasteiger partial charge is 0.416 e. The van der Waals surface area contributed by atoms with Crippen LogP contribution in [0.3, 0.4) is 0 Å². The smallest absolute Gasteiger partial charge is 0.349 e. The van der Waals surface area contributed by atoms with E-state index in [-0.39, 0.29) is 24.0 Å². The third kappa shape index (κ3) is 6.29. The number of halogens is 4. The molecule has 2 aromatic rings. The molecule has 1 aliphatic rings. The van der Waals surface area contributed by atoms with E-state index in [0.717, 1.165) is 44.0 Å². The van der Waals surface area contributed by atoms with Crippen molar-refractivity contribution in [3.05, 3.63) is 47.5 Å². The van der Waals surface area contributed by atoms with E-state index in [0.29, 0.717) is 18.7 Å². The lowest BCUT2D eigenvalue weighted by Gasteiger charge is -2.36. The van der Waals surface area contributed by atoms with Gasteiger partial charge in [-0.2, -0.15) is 18.3 Å². The molecule has 0 aliphatic carbocycles. The molecule has 2 heterocycles. The van der Waals surface area contributed by atoms with Gasteiger partial charge in [0, 0.05) is 46.8 Å². The Morgan fingerprint density at radius 1 is 1.21 bits per heavy atom. The van der Waals surface area contributed by atoms with Gasteiger partial charge in [-0.05, 0) is 11.6 Å². The lowest BCUT2D eigenvalue weighted by Crippen LogP contribution is -2.52. The number of nitrogens with one attached hydrogen (secondary N) is 1. The summed E-state index contributed by atoms with van der Waals surface area (Å²) < 4.78 is 40.3. The Morgan fingerprint density at radius 2 is 1.93 bits per heavy atom. The number of alkyl halides is 3. The highest BCUT2D eigenvalue weighted by Gasteiger charge is 2.30. The van der Waals surface area contributed by atoms with Gasteiger partial charge in [0.15, 0.2) is 5.96 Å². The molecule has 7 nitrogen and oxygen atoms in total. The van der Waals surface area contributed by atoms with E-state index in [1.807, 2.05) is 7.05 Å². The zero-order valence-corrected chi connectivity index (χ0v) is 18.7. The highest BCUT2D eigenvalue weighted by Crippen LogP contribution is 2.29. The predicted octanol–water partition coefficient (Wildman–Crippen LogP) is 2.35. The normalized spacial score (nSPS) is 15.9. The maximum absolute atomic E-state index is 12.9. The molecule has 0 spiro atoms.